The van der Waals surface area contributed by atoms with Crippen LogP contribution in [0, 0.1) is 17.2 Å². The third kappa shape index (κ3) is 2.69. The first-order chi connectivity index (χ1) is 7.42. The predicted molar refractivity (Wildman–Crippen MR) is 57.4 cm³/mol. The van der Waals surface area contributed by atoms with Crippen molar-refractivity contribution in [1.29, 1.82) is 5.26 Å². The number of hydrogen-bond acceptors (Lipinski definition) is 4. The number of nitrogens with zero attached hydrogens (tertiary/aromatic N) is 2. The molecule has 4 nitrogen and oxygen atoms in total. The van der Waals surface area contributed by atoms with Crippen LogP contribution in [-0.4, -0.2) is 50.3 Å². The van der Waals surface area contributed by atoms with E-state index in [9.17, 15) is 5.26 Å². The van der Waals surface area contributed by atoms with E-state index in [1.807, 2.05) is 0 Å². The lowest BCUT2D eigenvalue weighted by molar-refractivity contribution is 0.0363. The fraction of sp³-hybridized carbons (Fsp3) is 0.909. The van der Waals surface area contributed by atoms with Gasteiger partial charge in [-0.15, -0.1) is 0 Å². The van der Waals surface area contributed by atoms with E-state index in [0.29, 0.717) is 5.92 Å². The van der Waals surface area contributed by atoms with Crippen molar-refractivity contribution in [2.45, 2.75) is 18.9 Å². The lowest BCUT2D eigenvalue weighted by atomic mass is 9.91. The molecule has 0 aromatic rings. The zero-order valence-electron chi connectivity index (χ0n) is 9.11. The summed E-state index contributed by atoms with van der Waals surface area (Å²) in [4.78, 5) is 2.33. The number of piperazine rings is 1. The minimum atomic E-state index is 0.107. The fourth-order valence-corrected chi connectivity index (χ4v) is 2.48. The fourth-order valence-electron chi connectivity index (χ4n) is 2.48. The molecule has 2 aliphatic heterocycles. The molecule has 0 aromatic carbocycles. The summed E-state index contributed by atoms with van der Waals surface area (Å²) in [5.74, 6) is 0.516. The van der Waals surface area contributed by atoms with Crippen LogP contribution in [0.4, 0.5) is 0 Å². The highest BCUT2D eigenvalue weighted by Crippen LogP contribution is 2.22. The average molecular weight is 209 g/mol. The molecule has 0 bridgehead atoms. The van der Waals surface area contributed by atoms with Gasteiger partial charge in [-0.25, -0.2) is 0 Å². The Balaban J connectivity index is 1.92. The van der Waals surface area contributed by atoms with E-state index in [0.717, 1.165) is 52.2 Å². The lowest BCUT2D eigenvalue weighted by Gasteiger charge is -2.36. The van der Waals surface area contributed by atoms with Gasteiger partial charge in [0.15, 0.2) is 0 Å². The van der Waals surface area contributed by atoms with Gasteiger partial charge < -0.3 is 10.1 Å². The van der Waals surface area contributed by atoms with Crippen molar-refractivity contribution in [2.24, 2.45) is 5.92 Å². The summed E-state index contributed by atoms with van der Waals surface area (Å²) >= 11 is 0. The van der Waals surface area contributed by atoms with Gasteiger partial charge in [0.1, 0.15) is 6.04 Å². The van der Waals surface area contributed by atoms with E-state index in [-0.39, 0.29) is 6.04 Å². The second-order valence-electron chi connectivity index (χ2n) is 4.31. The van der Waals surface area contributed by atoms with Crippen molar-refractivity contribution < 1.29 is 4.74 Å². The Morgan fingerprint density at radius 3 is 2.53 bits per heavy atom. The molecule has 0 saturated carbocycles. The molecule has 1 unspecified atom stereocenters. The summed E-state index contributed by atoms with van der Waals surface area (Å²) in [6.45, 7) is 5.71. The largest absolute Gasteiger partial charge is 0.381 e. The molecular formula is C11H19N3O. The summed E-state index contributed by atoms with van der Waals surface area (Å²) in [5, 5.41) is 12.6. The maximum absolute atomic E-state index is 9.28. The molecule has 0 aromatic heterocycles. The molecule has 2 fully saturated rings. The van der Waals surface area contributed by atoms with Gasteiger partial charge in [-0.05, 0) is 18.8 Å². The van der Waals surface area contributed by atoms with Crippen molar-refractivity contribution in [1.82, 2.24) is 10.2 Å². The SMILES string of the molecule is N#CC(C1CCOCC1)N1CCNCC1. The van der Waals surface area contributed by atoms with Crippen molar-refractivity contribution in [3.05, 3.63) is 0 Å². The topological polar surface area (TPSA) is 48.3 Å². The number of nitriles is 1. The van der Waals surface area contributed by atoms with Gasteiger partial charge in [-0.2, -0.15) is 5.26 Å². The molecule has 2 saturated heterocycles. The van der Waals surface area contributed by atoms with E-state index >= 15 is 0 Å². The molecule has 1 N–H and O–H groups in total. The van der Waals surface area contributed by atoms with Crippen LogP contribution >= 0.6 is 0 Å². The molecule has 0 aliphatic carbocycles. The zero-order valence-corrected chi connectivity index (χ0v) is 9.11. The van der Waals surface area contributed by atoms with Gasteiger partial charge in [-0.3, -0.25) is 4.90 Å². The van der Waals surface area contributed by atoms with Crippen LogP contribution in [0.1, 0.15) is 12.8 Å². The van der Waals surface area contributed by atoms with Crippen LogP contribution in [0.5, 0.6) is 0 Å². The van der Waals surface area contributed by atoms with Gasteiger partial charge in [0.2, 0.25) is 0 Å². The molecule has 2 rings (SSSR count). The number of rotatable bonds is 2. The Hall–Kier alpha value is -0.630. The maximum atomic E-state index is 9.28. The molecular weight excluding hydrogens is 190 g/mol. The molecule has 0 amide bonds. The smallest absolute Gasteiger partial charge is 0.101 e. The van der Waals surface area contributed by atoms with E-state index in [2.05, 4.69) is 16.3 Å². The third-order valence-corrected chi connectivity index (χ3v) is 3.39. The Kier molecular flexibility index (Phi) is 3.95. The van der Waals surface area contributed by atoms with Crippen LogP contribution in [0.15, 0.2) is 0 Å². The Morgan fingerprint density at radius 1 is 1.27 bits per heavy atom. The van der Waals surface area contributed by atoms with Gasteiger partial charge in [0.25, 0.3) is 0 Å². The molecule has 84 valence electrons. The Labute approximate surface area is 91.2 Å². The Bertz CT molecular complexity index is 208. The van der Waals surface area contributed by atoms with E-state index < -0.39 is 0 Å². The maximum Gasteiger partial charge on any atom is 0.101 e. The molecule has 4 heteroatoms. The summed E-state index contributed by atoms with van der Waals surface area (Å²) in [6.07, 6.45) is 2.09. The second-order valence-corrected chi connectivity index (χ2v) is 4.31. The summed E-state index contributed by atoms with van der Waals surface area (Å²) in [6, 6.07) is 2.59. The monoisotopic (exact) mass is 209 g/mol. The van der Waals surface area contributed by atoms with Crippen molar-refractivity contribution >= 4 is 0 Å². The zero-order chi connectivity index (χ0) is 10.5. The molecule has 2 heterocycles. The standard InChI is InChI=1S/C11H19N3O/c12-9-11(10-1-7-15-8-2-10)14-5-3-13-4-6-14/h10-11,13H,1-8H2. The molecule has 15 heavy (non-hydrogen) atoms. The van der Waals surface area contributed by atoms with E-state index in [1.165, 1.54) is 0 Å². The predicted octanol–water partition coefficient (Wildman–Crippen LogP) is 0.210. The van der Waals surface area contributed by atoms with Gasteiger partial charge in [0.05, 0.1) is 6.07 Å². The van der Waals surface area contributed by atoms with Crippen LogP contribution in [0.3, 0.4) is 0 Å². The highest BCUT2D eigenvalue weighted by atomic mass is 16.5. The third-order valence-electron chi connectivity index (χ3n) is 3.39. The molecule has 2 aliphatic rings. The average Bonchev–Trinajstić information content (AvgIpc) is 2.33. The highest BCUT2D eigenvalue weighted by molar-refractivity contribution is 4.98. The number of nitrogens with one attached hydrogen (secondary N) is 1. The molecule has 1 atom stereocenters. The van der Waals surface area contributed by atoms with Crippen LogP contribution in [0.25, 0.3) is 0 Å². The summed E-state index contributed by atoms with van der Waals surface area (Å²) < 4.78 is 5.34. The van der Waals surface area contributed by atoms with Gasteiger partial charge >= 0.3 is 0 Å². The first-order valence-electron chi connectivity index (χ1n) is 5.84. The minimum Gasteiger partial charge on any atom is -0.381 e. The minimum absolute atomic E-state index is 0.107. The van der Waals surface area contributed by atoms with Crippen LogP contribution < -0.4 is 5.32 Å². The lowest BCUT2D eigenvalue weighted by Crippen LogP contribution is -2.51. The first kappa shape index (κ1) is 10.9. The first-order valence-corrected chi connectivity index (χ1v) is 5.84. The van der Waals surface area contributed by atoms with Gasteiger partial charge in [-0.1, -0.05) is 0 Å². The van der Waals surface area contributed by atoms with Crippen molar-refractivity contribution in [2.75, 3.05) is 39.4 Å². The van der Waals surface area contributed by atoms with Crippen molar-refractivity contribution in [3.63, 3.8) is 0 Å². The quantitative estimate of drug-likeness (QED) is 0.706. The van der Waals surface area contributed by atoms with Crippen LogP contribution in [0.2, 0.25) is 0 Å². The Morgan fingerprint density at radius 2 is 1.93 bits per heavy atom. The highest BCUT2D eigenvalue weighted by Gasteiger charge is 2.29. The van der Waals surface area contributed by atoms with E-state index in [1.54, 1.807) is 0 Å². The normalized spacial score (nSPS) is 27.1. The second kappa shape index (κ2) is 5.45. The number of ether oxygens (including phenoxy) is 1. The van der Waals surface area contributed by atoms with Crippen LogP contribution in [-0.2, 0) is 4.74 Å². The molecule has 0 spiro atoms. The van der Waals surface area contributed by atoms with Crippen molar-refractivity contribution in [3.8, 4) is 6.07 Å². The summed E-state index contributed by atoms with van der Waals surface area (Å²) in [5.41, 5.74) is 0. The molecule has 0 radical (unpaired) electrons. The summed E-state index contributed by atoms with van der Waals surface area (Å²) in [7, 11) is 0. The van der Waals surface area contributed by atoms with Gasteiger partial charge in [0, 0.05) is 39.4 Å². The number of hydrogen-bond donors (Lipinski definition) is 1. The van der Waals surface area contributed by atoms with E-state index in [4.69, 9.17) is 4.74 Å².